The number of hydrogen-bond acceptors (Lipinski definition) is 3. The third kappa shape index (κ3) is 2.76. The molecule has 0 spiro atoms. The lowest BCUT2D eigenvalue weighted by molar-refractivity contribution is 0.475. The Balaban J connectivity index is 2.47. The minimum absolute atomic E-state index is 0.158. The fourth-order valence-electron chi connectivity index (χ4n) is 2.16. The highest BCUT2D eigenvalue weighted by Crippen LogP contribution is 2.29. The van der Waals surface area contributed by atoms with Crippen LogP contribution in [0.25, 0.3) is 10.8 Å². The molecule has 4 heteroatoms. The number of benzene rings is 1. The molecule has 2 aromatic rings. The summed E-state index contributed by atoms with van der Waals surface area (Å²) in [5.41, 5.74) is -0.158. The first-order valence-corrected chi connectivity index (χ1v) is 7.09. The van der Waals surface area contributed by atoms with Gasteiger partial charge in [-0.05, 0) is 36.4 Å². The molecular weight excluding hydrogens is 260 g/mol. The van der Waals surface area contributed by atoms with E-state index >= 15 is 0 Å². The van der Waals surface area contributed by atoms with Gasteiger partial charge in [0.2, 0.25) is 0 Å². The third-order valence-electron chi connectivity index (χ3n) is 3.74. The molecule has 19 heavy (non-hydrogen) atoms. The second-order valence-electron chi connectivity index (χ2n) is 4.81. The number of nitrogens with one attached hydrogen (secondary N) is 1. The Bertz CT molecular complexity index is 559. The molecule has 0 aliphatic carbocycles. The Morgan fingerprint density at radius 3 is 2.63 bits per heavy atom. The summed E-state index contributed by atoms with van der Waals surface area (Å²) in [5, 5.41) is 15.1. The summed E-state index contributed by atoms with van der Waals surface area (Å²) < 4.78 is 0. The number of aromatic hydroxyl groups is 1. The molecule has 0 amide bonds. The molecule has 1 aromatic heterocycles. The van der Waals surface area contributed by atoms with Crippen LogP contribution < -0.4 is 5.32 Å². The van der Waals surface area contributed by atoms with E-state index in [2.05, 4.69) is 24.1 Å². The molecule has 2 N–H and O–H groups in total. The predicted octanol–water partition coefficient (Wildman–Crippen LogP) is 4.15. The number of aromatic nitrogens is 1. The zero-order valence-corrected chi connectivity index (χ0v) is 12.0. The van der Waals surface area contributed by atoms with Crippen LogP contribution in [0.5, 0.6) is 5.75 Å². The highest BCUT2D eigenvalue weighted by atomic mass is 35.5. The van der Waals surface area contributed by atoms with E-state index in [4.69, 9.17) is 11.6 Å². The van der Waals surface area contributed by atoms with Crippen molar-refractivity contribution < 1.29 is 5.11 Å². The maximum atomic E-state index is 9.64. The minimum atomic E-state index is -0.158. The van der Waals surface area contributed by atoms with Crippen LogP contribution in [0.15, 0.2) is 30.5 Å². The van der Waals surface area contributed by atoms with Crippen molar-refractivity contribution in [2.75, 3.05) is 11.2 Å². The molecule has 2 rings (SSSR count). The van der Waals surface area contributed by atoms with E-state index in [9.17, 15) is 5.11 Å². The summed E-state index contributed by atoms with van der Waals surface area (Å²) in [6.45, 7) is 4.23. The van der Waals surface area contributed by atoms with E-state index in [1.807, 2.05) is 12.1 Å². The van der Waals surface area contributed by atoms with Gasteiger partial charge >= 0.3 is 0 Å². The van der Waals surface area contributed by atoms with Crippen LogP contribution in [0.1, 0.15) is 26.7 Å². The van der Waals surface area contributed by atoms with Gasteiger partial charge in [-0.15, -0.1) is 11.6 Å². The van der Waals surface area contributed by atoms with Crippen molar-refractivity contribution in [1.82, 2.24) is 4.98 Å². The molecule has 1 aromatic carbocycles. The first kappa shape index (κ1) is 13.9. The van der Waals surface area contributed by atoms with Crippen LogP contribution >= 0.6 is 11.6 Å². The molecule has 0 aliphatic rings. The van der Waals surface area contributed by atoms with Gasteiger partial charge in [-0.3, -0.25) is 0 Å². The lowest BCUT2D eigenvalue weighted by Gasteiger charge is -2.31. The maximum Gasteiger partial charge on any atom is 0.134 e. The number of hydrogen-bond donors (Lipinski definition) is 2. The maximum absolute atomic E-state index is 9.64. The zero-order chi connectivity index (χ0) is 13.9. The number of rotatable bonds is 5. The number of anilines is 1. The number of fused-ring (bicyclic) bond motifs is 1. The van der Waals surface area contributed by atoms with E-state index in [1.54, 1.807) is 18.3 Å². The van der Waals surface area contributed by atoms with Crippen LogP contribution in [-0.2, 0) is 0 Å². The standard InChI is InChI=1S/C15H19ClN2O/c1-3-15(4-2,10-16)18-14-13-9-12(19)6-5-11(13)7-8-17-14/h5-9,19H,3-4,10H2,1-2H3,(H,17,18). The molecule has 0 unspecified atom stereocenters. The van der Waals surface area contributed by atoms with Crippen LogP contribution in [0.4, 0.5) is 5.82 Å². The first-order valence-electron chi connectivity index (χ1n) is 6.56. The molecule has 3 nitrogen and oxygen atoms in total. The normalized spacial score (nSPS) is 11.7. The number of phenols is 1. The number of phenolic OH excluding ortho intramolecular Hbond substituents is 1. The molecule has 0 bridgehead atoms. The predicted molar refractivity (Wildman–Crippen MR) is 81.1 cm³/mol. The number of nitrogens with zero attached hydrogens (tertiary/aromatic N) is 1. The van der Waals surface area contributed by atoms with Crippen LogP contribution in [0.2, 0.25) is 0 Å². The Morgan fingerprint density at radius 1 is 1.26 bits per heavy atom. The summed E-state index contributed by atoms with van der Waals surface area (Å²) in [7, 11) is 0. The van der Waals surface area contributed by atoms with Crippen molar-refractivity contribution in [2.24, 2.45) is 0 Å². The summed E-state index contributed by atoms with van der Waals surface area (Å²) in [6.07, 6.45) is 3.61. The largest absolute Gasteiger partial charge is 0.508 e. The van der Waals surface area contributed by atoms with Crippen LogP contribution in [0, 0.1) is 0 Å². The van der Waals surface area contributed by atoms with Crippen molar-refractivity contribution in [3.63, 3.8) is 0 Å². The average Bonchev–Trinajstić information content (AvgIpc) is 2.45. The lowest BCUT2D eigenvalue weighted by Crippen LogP contribution is -2.39. The molecule has 1 heterocycles. The van der Waals surface area contributed by atoms with E-state index in [0.29, 0.717) is 5.88 Å². The van der Waals surface area contributed by atoms with Gasteiger partial charge < -0.3 is 10.4 Å². The van der Waals surface area contributed by atoms with Gasteiger partial charge in [0.05, 0.1) is 5.54 Å². The van der Waals surface area contributed by atoms with Gasteiger partial charge in [-0.2, -0.15) is 0 Å². The van der Waals surface area contributed by atoms with Gasteiger partial charge in [-0.25, -0.2) is 4.98 Å². The molecule has 102 valence electrons. The van der Waals surface area contributed by atoms with Gasteiger partial charge in [0.15, 0.2) is 0 Å². The number of alkyl halides is 1. The Hall–Kier alpha value is -1.48. The Morgan fingerprint density at radius 2 is 2.00 bits per heavy atom. The lowest BCUT2D eigenvalue weighted by atomic mass is 9.95. The summed E-state index contributed by atoms with van der Waals surface area (Å²) in [6, 6.07) is 7.23. The van der Waals surface area contributed by atoms with Crippen molar-refractivity contribution in [3.05, 3.63) is 30.5 Å². The topological polar surface area (TPSA) is 45.2 Å². The first-order chi connectivity index (χ1) is 9.14. The van der Waals surface area contributed by atoms with Crippen molar-refractivity contribution in [1.29, 1.82) is 0 Å². The second kappa shape index (κ2) is 5.66. The van der Waals surface area contributed by atoms with E-state index in [1.165, 1.54) is 0 Å². The summed E-state index contributed by atoms with van der Waals surface area (Å²) >= 11 is 6.12. The molecule has 0 saturated heterocycles. The molecule has 0 aliphatic heterocycles. The quantitative estimate of drug-likeness (QED) is 0.808. The zero-order valence-electron chi connectivity index (χ0n) is 11.3. The van der Waals surface area contributed by atoms with E-state index < -0.39 is 0 Å². The number of pyridine rings is 1. The van der Waals surface area contributed by atoms with Gasteiger partial charge in [0.25, 0.3) is 0 Å². The third-order valence-corrected chi connectivity index (χ3v) is 4.25. The Kier molecular flexibility index (Phi) is 4.15. The summed E-state index contributed by atoms with van der Waals surface area (Å²) in [4.78, 5) is 4.40. The SMILES string of the molecule is CCC(CC)(CCl)Nc1nccc2ccc(O)cc12. The van der Waals surface area contributed by atoms with Gasteiger partial charge in [-0.1, -0.05) is 19.9 Å². The van der Waals surface area contributed by atoms with E-state index in [-0.39, 0.29) is 11.3 Å². The molecule has 0 radical (unpaired) electrons. The van der Waals surface area contributed by atoms with E-state index in [0.717, 1.165) is 29.4 Å². The molecule has 0 atom stereocenters. The monoisotopic (exact) mass is 278 g/mol. The molecular formula is C15H19ClN2O. The minimum Gasteiger partial charge on any atom is -0.508 e. The fraction of sp³-hybridized carbons (Fsp3) is 0.400. The highest BCUT2D eigenvalue weighted by Gasteiger charge is 2.25. The Labute approximate surface area is 118 Å². The fourth-order valence-corrected chi connectivity index (χ4v) is 2.60. The molecule has 0 fully saturated rings. The summed E-state index contributed by atoms with van der Waals surface area (Å²) in [5.74, 6) is 1.54. The number of halogens is 1. The second-order valence-corrected chi connectivity index (χ2v) is 5.08. The smallest absolute Gasteiger partial charge is 0.134 e. The van der Waals surface area contributed by atoms with Crippen molar-refractivity contribution in [3.8, 4) is 5.75 Å². The molecule has 0 saturated carbocycles. The van der Waals surface area contributed by atoms with Gasteiger partial charge in [0, 0.05) is 17.5 Å². The van der Waals surface area contributed by atoms with Crippen molar-refractivity contribution in [2.45, 2.75) is 32.2 Å². The highest BCUT2D eigenvalue weighted by molar-refractivity contribution is 6.18. The van der Waals surface area contributed by atoms with Crippen LogP contribution in [0.3, 0.4) is 0 Å². The van der Waals surface area contributed by atoms with Crippen LogP contribution in [-0.4, -0.2) is 21.5 Å². The average molecular weight is 279 g/mol. The van der Waals surface area contributed by atoms with Gasteiger partial charge in [0.1, 0.15) is 11.6 Å². The van der Waals surface area contributed by atoms with Crippen molar-refractivity contribution >= 4 is 28.2 Å².